The van der Waals surface area contributed by atoms with Gasteiger partial charge in [0.25, 0.3) is 16.9 Å². The second-order valence-corrected chi connectivity index (χ2v) is 8.28. The molecular formula is C22H16N4O7S. The number of nitro benzene ring substituents is 2. The molecule has 172 valence electrons. The summed E-state index contributed by atoms with van der Waals surface area (Å²) in [7, 11) is 1.22. The number of allylic oxidation sites excluding steroid dienone is 1. The van der Waals surface area contributed by atoms with Crippen molar-refractivity contribution in [1.82, 2.24) is 4.57 Å². The fraction of sp³-hybridized carbons (Fsp3) is 0.136. The van der Waals surface area contributed by atoms with E-state index in [1.807, 2.05) is 0 Å². The first-order valence-electron chi connectivity index (χ1n) is 9.81. The van der Waals surface area contributed by atoms with Gasteiger partial charge < -0.3 is 4.74 Å². The first-order chi connectivity index (χ1) is 16.2. The molecule has 0 saturated carbocycles. The van der Waals surface area contributed by atoms with E-state index in [9.17, 15) is 29.8 Å². The molecule has 1 aromatic heterocycles. The number of hydrogen-bond donors (Lipinski definition) is 0. The van der Waals surface area contributed by atoms with E-state index < -0.39 is 27.4 Å². The molecule has 0 N–H and O–H groups in total. The van der Waals surface area contributed by atoms with Crippen LogP contribution in [0.15, 0.2) is 69.6 Å². The van der Waals surface area contributed by atoms with Gasteiger partial charge in [-0.2, -0.15) is 0 Å². The minimum atomic E-state index is -0.900. The molecule has 0 spiro atoms. The number of ether oxygens (including phenoxy) is 1. The third-order valence-corrected chi connectivity index (χ3v) is 6.23. The molecular weight excluding hydrogens is 464 g/mol. The molecule has 0 fully saturated rings. The van der Waals surface area contributed by atoms with Crippen molar-refractivity contribution >= 4 is 34.8 Å². The number of nitrogens with zero attached hydrogens (tertiary/aromatic N) is 4. The van der Waals surface area contributed by atoms with Gasteiger partial charge in [0.2, 0.25) is 0 Å². The van der Waals surface area contributed by atoms with E-state index in [2.05, 4.69) is 4.99 Å². The fourth-order valence-corrected chi connectivity index (χ4v) is 4.68. The molecule has 0 aliphatic carbocycles. The largest absolute Gasteiger partial charge is 0.466 e. The Morgan fingerprint density at radius 3 is 2.15 bits per heavy atom. The van der Waals surface area contributed by atoms with Crippen LogP contribution in [-0.4, -0.2) is 27.5 Å². The van der Waals surface area contributed by atoms with Crippen LogP contribution in [0.4, 0.5) is 11.4 Å². The van der Waals surface area contributed by atoms with Crippen LogP contribution in [0.1, 0.15) is 24.1 Å². The van der Waals surface area contributed by atoms with Crippen LogP contribution in [-0.2, 0) is 9.53 Å². The minimum absolute atomic E-state index is 0.0740. The Labute approximate surface area is 194 Å². The molecule has 1 unspecified atom stereocenters. The quantitative estimate of drug-likeness (QED) is 0.309. The van der Waals surface area contributed by atoms with Gasteiger partial charge in [0, 0.05) is 24.3 Å². The number of thiazole rings is 1. The molecule has 0 radical (unpaired) electrons. The topological polar surface area (TPSA) is 147 Å². The number of aromatic nitrogens is 1. The van der Waals surface area contributed by atoms with Crippen LogP contribution in [0.3, 0.4) is 0 Å². The van der Waals surface area contributed by atoms with Gasteiger partial charge in [-0.3, -0.25) is 29.6 Å². The van der Waals surface area contributed by atoms with E-state index in [1.165, 1.54) is 60.2 Å². The highest BCUT2D eigenvalue weighted by Gasteiger charge is 2.33. The number of benzene rings is 2. The summed E-state index contributed by atoms with van der Waals surface area (Å²) in [4.78, 5) is 51.7. The number of esters is 1. The molecule has 2 aromatic carbocycles. The van der Waals surface area contributed by atoms with Crippen molar-refractivity contribution < 1.29 is 19.4 Å². The molecule has 4 rings (SSSR count). The molecule has 1 aliphatic heterocycles. The molecule has 0 amide bonds. The van der Waals surface area contributed by atoms with Crippen molar-refractivity contribution in [2.24, 2.45) is 4.99 Å². The summed E-state index contributed by atoms with van der Waals surface area (Å²) in [5.74, 6) is -0.672. The molecule has 1 atom stereocenters. The highest BCUT2D eigenvalue weighted by Crippen LogP contribution is 2.31. The van der Waals surface area contributed by atoms with Gasteiger partial charge >= 0.3 is 5.97 Å². The maximum absolute atomic E-state index is 13.4. The highest BCUT2D eigenvalue weighted by atomic mass is 32.1. The molecule has 0 saturated heterocycles. The Bertz CT molecular complexity index is 1530. The lowest BCUT2D eigenvalue weighted by atomic mass is 9.96. The molecule has 1 aliphatic rings. The summed E-state index contributed by atoms with van der Waals surface area (Å²) in [5, 5.41) is 21.9. The maximum Gasteiger partial charge on any atom is 0.338 e. The molecule has 0 bridgehead atoms. The van der Waals surface area contributed by atoms with E-state index >= 15 is 0 Å². The van der Waals surface area contributed by atoms with Crippen molar-refractivity contribution in [2.45, 2.75) is 13.0 Å². The number of carbonyl (C=O) groups excluding carboxylic acids is 1. The summed E-state index contributed by atoms with van der Waals surface area (Å²) in [5.41, 5.74) is 0.919. The van der Waals surface area contributed by atoms with Gasteiger partial charge in [0.05, 0.1) is 38.8 Å². The van der Waals surface area contributed by atoms with Crippen LogP contribution in [0, 0.1) is 20.2 Å². The van der Waals surface area contributed by atoms with Gasteiger partial charge in [-0.15, -0.1) is 0 Å². The first-order valence-corrected chi connectivity index (χ1v) is 10.6. The molecule has 12 heteroatoms. The number of hydrogen-bond acceptors (Lipinski definition) is 9. The predicted molar refractivity (Wildman–Crippen MR) is 122 cm³/mol. The number of rotatable bonds is 5. The Hall–Kier alpha value is -4.45. The fourth-order valence-electron chi connectivity index (χ4n) is 3.63. The smallest absolute Gasteiger partial charge is 0.338 e. The second kappa shape index (κ2) is 8.83. The van der Waals surface area contributed by atoms with Gasteiger partial charge in [-0.25, -0.2) is 9.79 Å². The van der Waals surface area contributed by atoms with E-state index in [1.54, 1.807) is 13.0 Å². The van der Waals surface area contributed by atoms with Crippen molar-refractivity contribution in [3.05, 3.63) is 111 Å². The van der Waals surface area contributed by atoms with Crippen molar-refractivity contribution in [2.75, 3.05) is 7.11 Å². The predicted octanol–water partition coefficient (Wildman–Crippen LogP) is 2.22. The minimum Gasteiger partial charge on any atom is -0.466 e. The summed E-state index contributed by atoms with van der Waals surface area (Å²) >= 11 is 1.10. The molecule has 2 heterocycles. The van der Waals surface area contributed by atoms with Crippen LogP contribution in [0.25, 0.3) is 6.08 Å². The number of carbonyl (C=O) groups is 1. The summed E-state index contributed by atoms with van der Waals surface area (Å²) in [6.45, 7) is 1.62. The lowest BCUT2D eigenvalue weighted by molar-refractivity contribution is -0.385. The van der Waals surface area contributed by atoms with Crippen LogP contribution in [0.2, 0.25) is 0 Å². The highest BCUT2D eigenvalue weighted by molar-refractivity contribution is 7.07. The van der Waals surface area contributed by atoms with Crippen molar-refractivity contribution in [3.63, 3.8) is 0 Å². The zero-order valence-corrected chi connectivity index (χ0v) is 18.6. The molecule has 3 aromatic rings. The summed E-state index contributed by atoms with van der Waals surface area (Å²) in [6.07, 6.45) is 1.58. The van der Waals surface area contributed by atoms with Gasteiger partial charge in [0.15, 0.2) is 4.80 Å². The van der Waals surface area contributed by atoms with Gasteiger partial charge in [0.1, 0.15) is 0 Å². The lowest BCUT2D eigenvalue weighted by Crippen LogP contribution is -2.39. The first kappa shape index (κ1) is 22.7. The molecule has 34 heavy (non-hydrogen) atoms. The monoisotopic (exact) mass is 480 g/mol. The Balaban J connectivity index is 1.91. The van der Waals surface area contributed by atoms with E-state index in [4.69, 9.17) is 4.74 Å². The molecule has 11 nitrogen and oxygen atoms in total. The lowest BCUT2D eigenvalue weighted by Gasteiger charge is -2.24. The Morgan fingerprint density at radius 2 is 1.62 bits per heavy atom. The van der Waals surface area contributed by atoms with Gasteiger partial charge in [-0.1, -0.05) is 11.3 Å². The van der Waals surface area contributed by atoms with E-state index in [-0.39, 0.29) is 16.9 Å². The second-order valence-electron chi connectivity index (χ2n) is 7.27. The maximum atomic E-state index is 13.4. The normalized spacial score (nSPS) is 15.5. The van der Waals surface area contributed by atoms with Crippen LogP contribution in [0.5, 0.6) is 0 Å². The third-order valence-electron chi connectivity index (χ3n) is 5.25. The van der Waals surface area contributed by atoms with E-state index in [0.717, 1.165) is 11.3 Å². The number of non-ortho nitro benzene ring substituents is 2. The summed E-state index contributed by atoms with van der Waals surface area (Å²) < 4.78 is 6.58. The average molecular weight is 480 g/mol. The van der Waals surface area contributed by atoms with E-state index in [0.29, 0.717) is 26.2 Å². The SMILES string of the molecule is COC(=O)C1=C(C)N=c2sc(=Cc3ccc([N+](=O)[O-])cc3)c(=O)n2C1c1ccc([N+](=O)[O-])cc1. The van der Waals surface area contributed by atoms with Crippen LogP contribution < -0.4 is 14.9 Å². The zero-order valence-electron chi connectivity index (χ0n) is 17.8. The van der Waals surface area contributed by atoms with Gasteiger partial charge in [-0.05, 0) is 48.4 Å². The zero-order chi connectivity index (χ0) is 24.6. The number of fused-ring (bicyclic) bond motifs is 1. The Kier molecular flexibility index (Phi) is 5.90. The average Bonchev–Trinajstić information content (AvgIpc) is 3.12. The summed E-state index contributed by atoms with van der Waals surface area (Å²) in [6, 6.07) is 10.4. The standard InChI is InChI=1S/C22H16N4O7S/c1-12-18(21(28)33-2)19(14-5-9-16(10-6-14)26(31)32)24-20(27)17(34-22(24)23-12)11-13-3-7-15(8-4-13)25(29)30/h3-11,19H,1-2H3. The van der Waals surface area contributed by atoms with Crippen LogP contribution >= 0.6 is 11.3 Å². The van der Waals surface area contributed by atoms with Crippen molar-refractivity contribution in [1.29, 1.82) is 0 Å². The number of nitro groups is 2. The van der Waals surface area contributed by atoms with Crippen molar-refractivity contribution in [3.8, 4) is 0 Å². The third kappa shape index (κ3) is 4.01. The number of methoxy groups -OCH3 is 1. The Morgan fingerprint density at radius 1 is 1.06 bits per heavy atom.